The molecule has 0 bridgehead atoms. The Morgan fingerprint density at radius 1 is 1.21 bits per heavy atom. The molecular weight excluding hydrogens is 236 g/mol. The molecule has 0 unspecified atom stereocenters. The van der Waals surface area contributed by atoms with Gasteiger partial charge in [-0.25, -0.2) is 4.98 Å². The van der Waals surface area contributed by atoms with Crippen molar-refractivity contribution in [1.29, 1.82) is 0 Å². The van der Waals surface area contributed by atoms with E-state index >= 15 is 0 Å². The SMILES string of the molecule is CCN(c1cccc(C)c1)c1ncc(CO)cc1C. The summed E-state index contributed by atoms with van der Waals surface area (Å²) in [5.74, 6) is 0.949. The molecule has 2 aromatic rings. The van der Waals surface area contributed by atoms with Crippen LogP contribution in [0.1, 0.15) is 23.6 Å². The highest BCUT2D eigenvalue weighted by Gasteiger charge is 2.11. The Kier molecular flexibility index (Phi) is 4.17. The molecule has 0 atom stereocenters. The van der Waals surface area contributed by atoms with Crippen LogP contribution in [-0.4, -0.2) is 16.6 Å². The summed E-state index contributed by atoms with van der Waals surface area (Å²) < 4.78 is 0. The first-order valence-corrected chi connectivity index (χ1v) is 6.56. The summed E-state index contributed by atoms with van der Waals surface area (Å²) in [6.45, 7) is 7.12. The van der Waals surface area contributed by atoms with E-state index in [2.05, 4.69) is 48.0 Å². The maximum atomic E-state index is 9.15. The molecule has 3 heteroatoms. The number of hydrogen-bond acceptors (Lipinski definition) is 3. The van der Waals surface area contributed by atoms with Crippen LogP contribution in [0.25, 0.3) is 0 Å². The third-order valence-corrected chi connectivity index (χ3v) is 3.18. The van der Waals surface area contributed by atoms with E-state index in [0.717, 1.165) is 29.2 Å². The Hall–Kier alpha value is -1.87. The molecule has 0 amide bonds. The average Bonchev–Trinajstić information content (AvgIpc) is 2.41. The molecule has 1 heterocycles. The predicted octanol–water partition coefficient (Wildman–Crippen LogP) is 3.35. The lowest BCUT2D eigenvalue weighted by Crippen LogP contribution is -2.18. The van der Waals surface area contributed by atoms with E-state index in [9.17, 15) is 0 Å². The van der Waals surface area contributed by atoms with E-state index < -0.39 is 0 Å². The molecule has 0 saturated carbocycles. The number of benzene rings is 1. The van der Waals surface area contributed by atoms with E-state index in [4.69, 9.17) is 5.11 Å². The van der Waals surface area contributed by atoms with Crippen molar-refractivity contribution in [2.75, 3.05) is 11.4 Å². The number of pyridine rings is 1. The molecule has 0 aliphatic carbocycles. The minimum Gasteiger partial charge on any atom is -0.392 e. The molecule has 100 valence electrons. The molecule has 0 spiro atoms. The van der Waals surface area contributed by atoms with Crippen LogP contribution in [0, 0.1) is 13.8 Å². The number of rotatable bonds is 4. The number of aromatic nitrogens is 1. The van der Waals surface area contributed by atoms with Crippen molar-refractivity contribution in [3.8, 4) is 0 Å². The zero-order valence-corrected chi connectivity index (χ0v) is 11.7. The molecule has 1 N–H and O–H groups in total. The van der Waals surface area contributed by atoms with Crippen molar-refractivity contribution in [3.05, 3.63) is 53.2 Å². The van der Waals surface area contributed by atoms with Crippen LogP contribution in [-0.2, 0) is 6.61 Å². The van der Waals surface area contributed by atoms with Crippen molar-refractivity contribution in [2.45, 2.75) is 27.4 Å². The smallest absolute Gasteiger partial charge is 0.135 e. The fraction of sp³-hybridized carbons (Fsp3) is 0.312. The molecule has 0 aliphatic rings. The van der Waals surface area contributed by atoms with E-state index in [1.165, 1.54) is 5.56 Å². The highest BCUT2D eigenvalue weighted by atomic mass is 16.3. The summed E-state index contributed by atoms with van der Waals surface area (Å²) in [6, 6.07) is 10.4. The lowest BCUT2D eigenvalue weighted by atomic mass is 10.1. The Labute approximate surface area is 114 Å². The number of hydrogen-bond donors (Lipinski definition) is 1. The normalized spacial score (nSPS) is 10.5. The van der Waals surface area contributed by atoms with Gasteiger partial charge in [0, 0.05) is 18.4 Å². The molecule has 1 aromatic carbocycles. The summed E-state index contributed by atoms with van der Waals surface area (Å²) in [4.78, 5) is 6.68. The first-order valence-electron chi connectivity index (χ1n) is 6.56. The zero-order valence-electron chi connectivity index (χ0n) is 11.7. The lowest BCUT2D eigenvalue weighted by Gasteiger charge is -2.24. The fourth-order valence-electron chi connectivity index (χ4n) is 2.25. The summed E-state index contributed by atoms with van der Waals surface area (Å²) in [5.41, 5.74) is 4.31. The first-order chi connectivity index (χ1) is 9.15. The fourth-order valence-corrected chi connectivity index (χ4v) is 2.25. The summed E-state index contributed by atoms with van der Waals surface area (Å²) in [6.07, 6.45) is 1.74. The lowest BCUT2D eigenvalue weighted by molar-refractivity contribution is 0.281. The Balaban J connectivity index is 2.42. The van der Waals surface area contributed by atoms with Gasteiger partial charge in [-0.2, -0.15) is 0 Å². The largest absolute Gasteiger partial charge is 0.392 e. The number of aliphatic hydroxyl groups is 1. The number of aryl methyl sites for hydroxylation is 2. The van der Waals surface area contributed by atoms with Crippen LogP contribution in [0.2, 0.25) is 0 Å². The van der Waals surface area contributed by atoms with Gasteiger partial charge in [0.05, 0.1) is 6.61 Å². The maximum absolute atomic E-state index is 9.15. The van der Waals surface area contributed by atoms with Gasteiger partial charge in [-0.05, 0) is 55.7 Å². The summed E-state index contributed by atoms with van der Waals surface area (Å²) >= 11 is 0. The number of anilines is 2. The zero-order chi connectivity index (χ0) is 13.8. The molecule has 2 rings (SSSR count). The first kappa shape index (κ1) is 13.6. The third kappa shape index (κ3) is 2.93. The van der Waals surface area contributed by atoms with Crippen LogP contribution in [0.4, 0.5) is 11.5 Å². The van der Waals surface area contributed by atoms with E-state index in [0.29, 0.717) is 0 Å². The van der Waals surface area contributed by atoms with Gasteiger partial charge in [-0.3, -0.25) is 0 Å². The van der Waals surface area contributed by atoms with Crippen LogP contribution in [0.3, 0.4) is 0 Å². The Morgan fingerprint density at radius 3 is 2.58 bits per heavy atom. The second-order valence-electron chi connectivity index (χ2n) is 4.73. The Bertz CT molecular complexity index is 566. The minimum atomic E-state index is 0.0324. The van der Waals surface area contributed by atoms with Crippen molar-refractivity contribution in [1.82, 2.24) is 4.98 Å². The molecule has 3 nitrogen and oxygen atoms in total. The van der Waals surface area contributed by atoms with Gasteiger partial charge in [-0.1, -0.05) is 12.1 Å². The number of aliphatic hydroxyl groups excluding tert-OH is 1. The van der Waals surface area contributed by atoms with Gasteiger partial charge in [0.1, 0.15) is 5.82 Å². The Morgan fingerprint density at radius 2 is 2.00 bits per heavy atom. The van der Waals surface area contributed by atoms with Crippen LogP contribution < -0.4 is 4.90 Å². The van der Waals surface area contributed by atoms with Crippen LogP contribution >= 0.6 is 0 Å². The molecule has 19 heavy (non-hydrogen) atoms. The molecule has 1 aromatic heterocycles. The van der Waals surface area contributed by atoms with E-state index in [-0.39, 0.29) is 6.61 Å². The molecule has 0 fully saturated rings. The van der Waals surface area contributed by atoms with Gasteiger partial charge in [-0.15, -0.1) is 0 Å². The van der Waals surface area contributed by atoms with Gasteiger partial charge in [0.25, 0.3) is 0 Å². The van der Waals surface area contributed by atoms with Crippen molar-refractivity contribution in [2.24, 2.45) is 0 Å². The second kappa shape index (κ2) is 5.85. The summed E-state index contributed by atoms with van der Waals surface area (Å²) in [5, 5.41) is 9.15. The minimum absolute atomic E-state index is 0.0324. The standard InChI is InChI=1S/C16H20N2O/c1-4-18(15-7-5-6-12(2)8-15)16-13(3)9-14(11-19)10-17-16/h5-10,19H,4,11H2,1-3H3. The topological polar surface area (TPSA) is 36.4 Å². The van der Waals surface area contributed by atoms with Gasteiger partial charge < -0.3 is 10.0 Å². The van der Waals surface area contributed by atoms with E-state index in [1.54, 1.807) is 6.20 Å². The second-order valence-corrected chi connectivity index (χ2v) is 4.73. The van der Waals surface area contributed by atoms with Crippen LogP contribution in [0.15, 0.2) is 36.5 Å². The highest BCUT2D eigenvalue weighted by Crippen LogP contribution is 2.27. The maximum Gasteiger partial charge on any atom is 0.135 e. The molecular formula is C16H20N2O. The third-order valence-electron chi connectivity index (χ3n) is 3.18. The molecule has 0 saturated heterocycles. The average molecular weight is 256 g/mol. The van der Waals surface area contributed by atoms with Crippen molar-refractivity contribution < 1.29 is 5.11 Å². The predicted molar refractivity (Wildman–Crippen MR) is 78.8 cm³/mol. The quantitative estimate of drug-likeness (QED) is 0.911. The van der Waals surface area contributed by atoms with Gasteiger partial charge >= 0.3 is 0 Å². The van der Waals surface area contributed by atoms with Crippen LogP contribution in [0.5, 0.6) is 0 Å². The van der Waals surface area contributed by atoms with Gasteiger partial charge in [0.15, 0.2) is 0 Å². The number of nitrogens with zero attached hydrogens (tertiary/aromatic N) is 2. The molecule has 0 aliphatic heterocycles. The van der Waals surface area contributed by atoms with Gasteiger partial charge in [0.2, 0.25) is 0 Å². The van der Waals surface area contributed by atoms with E-state index in [1.807, 2.05) is 13.0 Å². The summed E-state index contributed by atoms with van der Waals surface area (Å²) in [7, 11) is 0. The monoisotopic (exact) mass is 256 g/mol. The highest BCUT2D eigenvalue weighted by molar-refractivity contribution is 5.63. The van der Waals surface area contributed by atoms with Crippen molar-refractivity contribution >= 4 is 11.5 Å². The molecule has 0 radical (unpaired) electrons. The van der Waals surface area contributed by atoms with Crippen molar-refractivity contribution in [3.63, 3.8) is 0 Å².